The second-order valence-corrected chi connectivity index (χ2v) is 7.27. The molecule has 0 aromatic rings. The van der Waals surface area contributed by atoms with Crippen LogP contribution < -0.4 is 0 Å². The van der Waals surface area contributed by atoms with E-state index in [9.17, 15) is 5.11 Å². The van der Waals surface area contributed by atoms with Crippen molar-refractivity contribution in [2.45, 2.75) is 77.2 Å². The number of hydrogen-bond acceptors (Lipinski definition) is 4. The zero-order valence-electron chi connectivity index (χ0n) is 12.9. The molecule has 0 bridgehead atoms. The van der Waals surface area contributed by atoms with Crippen LogP contribution in [-0.4, -0.2) is 46.7 Å². The van der Waals surface area contributed by atoms with Crippen LogP contribution in [-0.2, 0) is 9.57 Å². The molecule has 1 rings (SSSR count). The first-order chi connectivity index (χ1) is 7.98. The Bertz CT molecular complexity index is 263. The van der Waals surface area contributed by atoms with E-state index >= 15 is 0 Å². The summed E-state index contributed by atoms with van der Waals surface area (Å²) in [5.74, 6) is 0. The molecule has 0 radical (unpaired) electrons. The molecular formula is C14H29NO3. The molecule has 0 unspecified atom stereocenters. The van der Waals surface area contributed by atoms with Gasteiger partial charge in [0, 0.05) is 18.2 Å². The highest BCUT2D eigenvalue weighted by molar-refractivity contribution is 4.97. The molecule has 0 amide bonds. The summed E-state index contributed by atoms with van der Waals surface area (Å²) in [6.07, 6.45) is 2.12. The largest absolute Gasteiger partial charge is 0.388 e. The Kier molecular flexibility index (Phi) is 4.49. The van der Waals surface area contributed by atoms with E-state index in [1.165, 1.54) is 0 Å². The Morgan fingerprint density at radius 3 is 1.94 bits per heavy atom. The van der Waals surface area contributed by atoms with E-state index in [1.807, 2.05) is 5.06 Å². The molecule has 108 valence electrons. The highest BCUT2D eigenvalue weighted by atomic mass is 16.7. The molecule has 4 heteroatoms. The van der Waals surface area contributed by atoms with Crippen molar-refractivity contribution in [3.63, 3.8) is 0 Å². The van der Waals surface area contributed by atoms with Crippen LogP contribution in [0.2, 0.25) is 0 Å². The average molecular weight is 259 g/mol. The minimum absolute atomic E-state index is 0.103. The van der Waals surface area contributed by atoms with E-state index in [0.717, 1.165) is 12.8 Å². The minimum Gasteiger partial charge on any atom is -0.388 e. The summed E-state index contributed by atoms with van der Waals surface area (Å²) in [7, 11) is 1.77. The lowest BCUT2D eigenvalue weighted by Gasteiger charge is -2.53. The highest BCUT2D eigenvalue weighted by Gasteiger charge is 2.47. The molecular weight excluding hydrogens is 230 g/mol. The number of ether oxygens (including phenoxy) is 1. The zero-order chi connectivity index (χ0) is 14.2. The van der Waals surface area contributed by atoms with E-state index in [2.05, 4.69) is 27.7 Å². The Hall–Kier alpha value is -0.160. The molecule has 1 aliphatic heterocycles. The minimum atomic E-state index is -0.815. The van der Waals surface area contributed by atoms with E-state index in [4.69, 9.17) is 9.57 Å². The molecule has 18 heavy (non-hydrogen) atoms. The quantitative estimate of drug-likeness (QED) is 0.841. The molecule has 0 spiro atoms. The van der Waals surface area contributed by atoms with Crippen LogP contribution in [0.1, 0.15) is 54.4 Å². The third-order valence-corrected chi connectivity index (χ3v) is 3.43. The Morgan fingerprint density at radius 2 is 1.61 bits per heavy atom. The lowest BCUT2D eigenvalue weighted by Crippen LogP contribution is -2.62. The number of aliphatic hydroxyl groups is 1. The second kappa shape index (κ2) is 5.08. The van der Waals surface area contributed by atoms with Crippen molar-refractivity contribution in [1.29, 1.82) is 0 Å². The summed E-state index contributed by atoms with van der Waals surface area (Å²) >= 11 is 0. The number of piperidine rings is 1. The Balaban J connectivity index is 2.80. The van der Waals surface area contributed by atoms with Gasteiger partial charge in [0.05, 0.1) is 18.3 Å². The number of nitrogens with zero attached hydrogens (tertiary/aromatic N) is 1. The van der Waals surface area contributed by atoms with Crippen molar-refractivity contribution in [2.75, 3.05) is 13.7 Å². The van der Waals surface area contributed by atoms with Crippen LogP contribution in [0.15, 0.2) is 0 Å². The topological polar surface area (TPSA) is 41.9 Å². The maximum atomic E-state index is 9.81. The molecule has 1 saturated heterocycles. The van der Waals surface area contributed by atoms with Gasteiger partial charge in [-0.1, -0.05) is 0 Å². The van der Waals surface area contributed by atoms with Crippen LogP contribution in [0.25, 0.3) is 0 Å². The van der Waals surface area contributed by atoms with Crippen molar-refractivity contribution >= 4 is 0 Å². The molecule has 0 aromatic heterocycles. The maximum absolute atomic E-state index is 9.81. The summed E-state index contributed by atoms with van der Waals surface area (Å²) in [5.41, 5.74) is -1.02. The summed E-state index contributed by atoms with van der Waals surface area (Å²) in [4.78, 5) is 5.90. The fraction of sp³-hybridized carbons (Fsp3) is 1.00. The number of methoxy groups -OCH3 is 1. The third-order valence-electron chi connectivity index (χ3n) is 3.43. The third kappa shape index (κ3) is 3.92. The fourth-order valence-electron chi connectivity index (χ4n) is 2.91. The van der Waals surface area contributed by atoms with Gasteiger partial charge < -0.3 is 9.84 Å². The first kappa shape index (κ1) is 15.9. The van der Waals surface area contributed by atoms with Gasteiger partial charge in [0.25, 0.3) is 0 Å². The monoisotopic (exact) mass is 259 g/mol. The number of hydrogen-bond donors (Lipinski definition) is 1. The Labute approximate surface area is 111 Å². The molecule has 1 fully saturated rings. The fourth-order valence-corrected chi connectivity index (χ4v) is 2.91. The number of rotatable bonds is 4. The van der Waals surface area contributed by atoms with Gasteiger partial charge in [-0.05, 0) is 54.4 Å². The lowest BCUT2D eigenvalue weighted by atomic mass is 9.80. The smallest absolute Gasteiger partial charge is 0.0967 e. The standard InChI is InChI=1S/C14H29NO3/c1-12(2)8-11(17-7)9-13(3,4)15(12)18-10-14(5,6)16/h11,16H,8-10H2,1-7H3. The maximum Gasteiger partial charge on any atom is 0.0967 e. The molecule has 0 aromatic carbocycles. The molecule has 4 nitrogen and oxygen atoms in total. The SMILES string of the molecule is COC1CC(C)(C)N(OCC(C)(C)O)C(C)(C)C1. The van der Waals surface area contributed by atoms with Gasteiger partial charge in [-0.3, -0.25) is 4.84 Å². The van der Waals surface area contributed by atoms with Crippen LogP contribution >= 0.6 is 0 Å². The molecule has 0 saturated carbocycles. The van der Waals surface area contributed by atoms with Crippen LogP contribution in [0, 0.1) is 0 Å². The lowest BCUT2D eigenvalue weighted by molar-refractivity contribution is -0.307. The summed E-state index contributed by atoms with van der Waals surface area (Å²) in [6, 6.07) is 0. The van der Waals surface area contributed by atoms with Gasteiger partial charge >= 0.3 is 0 Å². The van der Waals surface area contributed by atoms with Crippen LogP contribution in [0.5, 0.6) is 0 Å². The predicted octanol–water partition coefficient (Wildman–Crippen LogP) is 2.36. The van der Waals surface area contributed by atoms with Crippen molar-refractivity contribution < 1.29 is 14.7 Å². The van der Waals surface area contributed by atoms with E-state index in [1.54, 1.807) is 21.0 Å². The second-order valence-electron chi connectivity index (χ2n) is 7.27. The van der Waals surface area contributed by atoms with Gasteiger partial charge in [-0.25, -0.2) is 0 Å². The summed E-state index contributed by atoms with van der Waals surface area (Å²) in [6.45, 7) is 12.4. The van der Waals surface area contributed by atoms with Gasteiger partial charge in [-0.15, -0.1) is 0 Å². The summed E-state index contributed by atoms with van der Waals surface area (Å²) < 4.78 is 5.52. The van der Waals surface area contributed by atoms with Gasteiger partial charge in [-0.2, -0.15) is 5.06 Å². The van der Waals surface area contributed by atoms with Gasteiger partial charge in [0.1, 0.15) is 0 Å². The van der Waals surface area contributed by atoms with Crippen molar-refractivity contribution in [1.82, 2.24) is 5.06 Å². The first-order valence-corrected chi connectivity index (χ1v) is 6.66. The van der Waals surface area contributed by atoms with E-state index < -0.39 is 5.60 Å². The molecule has 1 N–H and O–H groups in total. The van der Waals surface area contributed by atoms with Crippen molar-refractivity contribution in [3.8, 4) is 0 Å². The van der Waals surface area contributed by atoms with Crippen molar-refractivity contribution in [3.05, 3.63) is 0 Å². The molecule has 1 heterocycles. The summed E-state index contributed by atoms with van der Waals surface area (Å²) in [5, 5.41) is 11.8. The first-order valence-electron chi connectivity index (χ1n) is 6.66. The van der Waals surface area contributed by atoms with Crippen LogP contribution in [0.3, 0.4) is 0 Å². The molecule has 0 aliphatic carbocycles. The predicted molar refractivity (Wildman–Crippen MR) is 72.3 cm³/mol. The molecule has 0 atom stereocenters. The van der Waals surface area contributed by atoms with E-state index in [0.29, 0.717) is 6.61 Å². The Morgan fingerprint density at radius 1 is 1.17 bits per heavy atom. The van der Waals surface area contributed by atoms with Crippen molar-refractivity contribution in [2.24, 2.45) is 0 Å². The van der Waals surface area contributed by atoms with Gasteiger partial charge in [0.15, 0.2) is 0 Å². The van der Waals surface area contributed by atoms with Gasteiger partial charge in [0.2, 0.25) is 0 Å². The zero-order valence-corrected chi connectivity index (χ0v) is 12.9. The highest BCUT2D eigenvalue weighted by Crippen LogP contribution is 2.39. The number of hydroxylamine groups is 2. The van der Waals surface area contributed by atoms with E-state index in [-0.39, 0.29) is 17.2 Å². The van der Waals surface area contributed by atoms with Crippen LogP contribution in [0.4, 0.5) is 0 Å². The molecule has 1 aliphatic rings. The normalized spacial score (nSPS) is 25.3. The average Bonchev–Trinajstić information content (AvgIpc) is 2.11.